The summed E-state index contributed by atoms with van der Waals surface area (Å²) in [5.41, 5.74) is 1.66. The normalized spacial score (nSPS) is 9.93. The number of carbonyl (C=O) groups excluding carboxylic acids is 1. The average molecular weight is 358 g/mol. The van der Waals surface area contributed by atoms with E-state index in [-0.39, 0.29) is 5.91 Å². The van der Waals surface area contributed by atoms with Gasteiger partial charge in [0.2, 0.25) is 0 Å². The molecule has 0 radical (unpaired) electrons. The Morgan fingerprint density at radius 2 is 1.44 bits per heavy atom. The molecule has 27 heavy (non-hydrogen) atoms. The van der Waals surface area contributed by atoms with Crippen LogP contribution in [0, 0.1) is 11.3 Å². The highest BCUT2D eigenvalue weighted by molar-refractivity contribution is 6.04. The van der Waals surface area contributed by atoms with Crippen molar-refractivity contribution in [1.82, 2.24) is 0 Å². The summed E-state index contributed by atoms with van der Waals surface area (Å²) in [6, 6.07) is 23.0. The molecule has 0 unspecified atom stereocenters. The number of nitrogens with zero attached hydrogens (tertiary/aromatic N) is 1. The first-order valence-electron chi connectivity index (χ1n) is 8.50. The smallest absolute Gasteiger partial charge is 0.255 e. The highest BCUT2D eigenvalue weighted by Crippen LogP contribution is 2.25. The lowest BCUT2D eigenvalue weighted by Gasteiger charge is -2.09. The topological polar surface area (TPSA) is 71.3 Å². The monoisotopic (exact) mass is 358 g/mol. The lowest BCUT2D eigenvalue weighted by Crippen LogP contribution is -2.11. The fraction of sp³-hybridized carbons (Fsp3) is 0.0909. The van der Waals surface area contributed by atoms with Crippen LogP contribution in [-0.4, -0.2) is 12.5 Å². The van der Waals surface area contributed by atoms with Gasteiger partial charge in [-0.05, 0) is 79.7 Å². The molecule has 0 aromatic heterocycles. The van der Waals surface area contributed by atoms with Gasteiger partial charge < -0.3 is 14.8 Å². The molecule has 3 aromatic rings. The Kier molecular flexibility index (Phi) is 5.70. The van der Waals surface area contributed by atoms with Gasteiger partial charge in [0.05, 0.1) is 18.2 Å². The van der Waals surface area contributed by atoms with Gasteiger partial charge in [-0.15, -0.1) is 0 Å². The van der Waals surface area contributed by atoms with Gasteiger partial charge in [-0.3, -0.25) is 4.79 Å². The minimum Gasteiger partial charge on any atom is -0.494 e. The number of anilines is 1. The molecule has 0 aliphatic carbocycles. The molecule has 0 atom stereocenters. The molecule has 3 aromatic carbocycles. The summed E-state index contributed by atoms with van der Waals surface area (Å²) in [6.45, 7) is 2.56. The summed E-state index contributed by atoms with van der Waals surface area (Å²) in [4.78, 5) is 12.2. The van der Waals surface area contributed by atoms with E-state index in [9.17, 15) is 4.79 Å². The van der Waals surface area contributed by atoms with Crippen molar-refractivity contribution in [3.05, 3.63) is 83.9 Å². The molecule has 0 saturated heterocycles. The molecule has 0 saturated carbocycles. The second kappa shape index (κ2) is 8.54. The lowest BCUT2D eigenvalue weighted by molar-refractivity contribution is 0.102. The quantitative estimate of drug-likeness (QED) is 0.673. The van der Waals surface area contributed by atoms with Crippen molar-refractivity contribution >= 4 is 11.6 Å². The molecule has 0 heterocycles. The maximum atomic E-state index is 12.2. The van der Waals surface area contributed by atoms with E-state index < -0.39 is 0 Å². The highest BCUT2D eigenvalue weighted by atomic mass is 16.5. The predicted molar refractivity (Wildman–Crippen MR) is 103 cm³/mol. The van der Waals surface area contributed by atoms with Crippen LogP contribution >= 0.6 is 0 Å². The summed E-state index contributed by atoms with van der Waals surface area (Å²) < 4.78 is 11.2. The Bertz CT molecular complexity index is 941. The van der Waals surface area contributed by atoms with Crippen molar-refractivity contribution in [2.75, 3.05) is 11.9 Å². The number of carbonyl (C=O) groups is 1. The molecule has 3 rings (SSSR count). The van der Waals surface area contributed by atoms with E-state index in [1.54, 1.807) is 48.5 Å². The van der Waals surface area contributed by atoms with Crippen LogP contribution in [0.1, 0.15) is 22.8 Å². The van der Waals surface area contributed by atoms with E-state index in [4.69, 9.17) is 14.7 Å². The Morgan fingerprint density at radius 3 is 2.00 bits per heavy atom. The number of hydrogen-bond acceptors (Lipinski definition) is 4. The number of nitrogens with one attached hydrogen (secondary N) is 1. The molecule has 0 aliphatic heterocycles. The van der Waals surface area contributed by atoms with Gasteiger partial charge in [0.25, 0.3) is 5.91 Å². The molecule has 5 nitrogen and oxygen atoms in total. The Hall–Kier alpha value is -3.78. The van der Waals surface area contributed by atoms with E-state index in [2.05, 4.69) is 5.32 Å². The number of hydrogen-bond donors (Lipinski definition) is 1. The van der Waals surface area contributed by atoms with E-state index >= 15 is 0 Å². The van der Waals surface area contributed by atoms with Crippen molar-refractivity contribution in [3.63, 3.8) is 0 Å². The van der Waals surface area contributed by atoms with Crippen LogP contribution in [0.2, 0.25) is 0 Å². The number of benzene rings is 3. The van der Waals surface area contributed by atoms with E-state index in [0.717, 1.165) is 5.75 Å². The standard InChI is InChI=1S/C22H18N2O3/c1-2-26-19-11-13-21(14-12-19)27-20-9-7-18(8-10-20)24-22(25)17-5-3-16(15-23)4-6-17/h3-14H,2H2,1H3,(H,24,25). The first-order valence-corrected chi connectivity index (χ1v) is 8.50. The Balaban J connectivity index is 1.61. The molecule has 0 aliphatic rings. The molecule has 1 N–H and O–H groups in total. The zero-order valence-corrected chi connectivity index (χ0v) is 14.8. The van der Waals surface area contributed by atoms with Gasteiger partial charge in [0.1, 0.15) is 17.2 Å². The Morgan fingerprint density at radius 1 is 0.889 bits per heavy atom. The van der Waals surface area contributed by atoms with Crippen LogP contribution in [0.15, 0.2) is 72.8 Å². The summed E-state index contributed by atoms with van der Waals surface area (Å²) in [6.07, 6.45) is 0. The average Bonchev–Trinajstić information content (AvgIpc) is 2.71. The van der Waals surface area contributed by atoms with Crippen LogP contribution < -0.4 is 14.8 Å². The summed E-state index contributed by atoms with van der Waals surface area (Å²) in [7, 11) is 0. The third-order valence-electron chi connectivity index (χ3n) is 3.76. The maximum Gasteiger partial charge on any atom is 0.255 e. The second-order valence-corrected chi connectivity index (χ2v) is 5.67. The van der Waals surface area contributed by atoms with Crippen molar-refractivity contribution < 1.29 is 14.3 Å². The van der Waals surface area contributed by atoms with Gasteiger partial charge in [-0.1, -0.05) is 0 Å². The second-order valence-electron chi connectivity index (χ2n) is 5.67. The van der Waals surface area contributed by atoms with Crippen molar-refractivity contribution in [1.29, 1.82) is 5.26 Å². The van der Waals surface area contributed by atoms with Gasteiger partial charge in [0, 0.05) is 11.3 Å². The van der Waals surface area contributed by atoms with Crippen LogP contribution in [0.4, 0.5) is 5.69 Å². The third kappa shape index (κ3) is 4.86. The zero-order chi connectivity index (χ0) is 19.1. The molecule has 0 spiro atoms. The molecule has 134 valence electrons. The van der Waals surface area contributed by atoms with Crippen molar-refractivity contribution in [3.8, 4) is 23.3 Å². The minimum atomic E-state index is -0.236. The van der Waals surface area contributed by atoms with Crippen LogP contribution in [0.3, 0.4) is 0 Å². The van der Waals surface area contributed by atoms with E-state index in [1.807, 2.05) is 37.3 Å². The van der Waals surface area contributed by atoms with Crippen LogP contribution in [0.5, 0.6) is 17.2 Å². The summed E-state index contributed by atoms with van der Waals surface area (Å²) in [5, 5.41) is 11.6. The number of amides is 1. The van der Waals surface area contributed by atoms with Crippen LogP contribution in [0.25, 0.3) is 0 Å². The van der Waals surface area contributed by atoms with Gasteiger partial charge in [0.15, 0.2) is 0 Å². The molecule has 0 bridgehead atoms. The number of ether oxygens (including phenoxy) is 2. The van der Waals surface area contributed by atoms with E-state index in [0.29, 0.717) is 34.9 Å². The third-order valence-corrected chi connectivity index (χ3v) is 3.76. The molecule has 1 amide bonds. The molecule has 5 heteroatoms. The SMILES string of the molecule is CCOc1ccc(Oc2ccc(NC(=O)c3ccc(C#N)cc3)cc2)cc1. The van der Waals surface area contributed by atoms with E-state index in [1.165, 1.54) is 0 Å². The first kappa shape index (κ1) is 18.0. The zero-order valence-electron chi connectivity index (χ0n) is 14.8. The molecular weight excluding hydrogens is 340 g/mol. The minimum absolute atomic E-state index is 0.236. The van der Waals surface area contributed by atoms with Gasteiger partial charge >= 0.3 is 0 Å². The van der Waals surface area contributed by atoms with Gasteiger partial charge in [-0.25, -0.2) is 0 Å². The largest absolute Gasteiger partial charge is 0.494 e. The maximum absolute atomic E-state index is 12.2. The lowest BCUT2D eigenvalue weighted by atomic mass is 10.1. The Labute approximate surface area is 157 Å². The van der Waals surface area contributed by atoms with Gasteiger partial charge in [-0.2, -0.15) is 5.26 Å². The predicted octanol–water partition coefficient (Wildman–Crippen LogP) is 5.00. The molecule has 0 fully saturated rings. The fourth-order valence-corrected chi connectivity index (χ4v) is 2.41. The first-order chi connectivity index (χ1) is 13.2. The number of rotatable bonds is 6. The highest BCUT2D eigenvalue weighted by Gasteiger charge is 2.06. The van der Waals surface area contributed by atoms with Crippen LogP contribution in [-0.2, 0) is 0 Å². The fourth-order valence-electron chi connectivity index (χ4n) is 2.41. The van der Waals surface area contributed by atoms with Crippen molar-refractivity contribution in [2.45, 2.75) is 6.92 Å². The summed E-state index contributed by atoms with van der Waals surface area (Å²) >= 11 is 0. The van der Waals surface area contributed by atoms with Crippen molar-refractivity contribution in [2.24, 2.45) is 0 Å². The number of nitriles is 1. The molecular formula is C22H18N2O3. The summed E-state index contributed by atoms with van der Waals surface area (Å²) in [5.74, 6) is 1.92.